The molecule has 0 N–H and O–H groups in total. The molecule has 0 fully saturated rings. The maximum Gasteiger partial charge on any atom is 0.244 e. The first-order valence-corrected chi connectivity index (χ1v) is 12.3. The smallest absolute Gasteiger partial charge is 0.244 e. The molecule has 0 spiro atoms. The quantitative estimate of drug-likeness (QED) is 0.512. The van der Waals surface area contributed by atoms with Gasteiger partial charge in [0.2, 0.25) is 10.0 Å². The standard InChI is InChI=1S/C23H25NO6S2/c1-27-18-8-7-16(13-20(18)29-3)32(25,26)24-10-9-15-12-19(28-2)21(30-4)14-17(15)23(24)22-6-5-11-31-22/h5-8,11-14,23H,9-10H2,1-4H3/t23-/m0/s1. The molecule has 1 aliphatic heterocycles. The molecule has 3 aromatic rings. The minimum atomic E-state index is -3.84. The van der Waals surface area contributed by atoms with Gasteiger partial charge in [-0.1, -0.05) is 6.07 Å². The first kappa shape index (κ1) is 22.4. The molecule has 2 aromatic carbocycles. The number of thiophene rings is 1. The molecule has 0 bridgehead atoms. The summed E-state index contributed by atoms with van der Waals surface area (Å²) in [6.07, 6.45) is 0.560. The van der Waals surface area contributed by atoms with Crippen LogP contribution in [0, 0.1) is 0 Å². The van der Waals surface area contributed by atoms with Crippen LogP contribution in [0.1, 0.15) is 22.0 Å². The number of rotatable bonds is 7. The van der Waals surface area contributed by atoms with Crippen LogP contribution in [0.5, 0.6) is 23.0 Å². The Kier molecular flexibility index (Phi) is 6.32. The molecule has 2 heterocycles. The van der Waals surface area contributed by atoms with Gasteiger partial charge in [-0.2, -0.15) is 4.31 Å². The van der Waals surface area contributed by atoms with Crippen LogP contribution in [-0.4, -0.2) is 47.7 Å². The molecule has 170 valence electrons. The Balaban J connectivity index is 1.86. The summed E-state index contributed by atoms with van der Waals surface area (Å²) in [6.45, 7) is 0.335. The van der Waals surface area contributed by atoms with Crippen LogP contribution in [0.15, 0.2) is 52.7 Å². The lowest BCUT2D eigenvalue weighted by atomic mass is 9.92. The maximum absolute atomic E-state index is 13.8. The van der Waals surface area contributed by atoms with Gasteiger partial charge < -0.3 is 18.9 Å². The van der Waals surface area contributed by atoms with E-state index >= 15 is 0 Å². The van der Waals surface area contributed by atoms with Crippen molar-refractivity contribution in [1.29, 1.82) is 0 Å². The molecule has 0 amide bonds. The van der Waals surface area contributed by atoms with Crippen molar-refractivity contribution >= 4 is 21.4 Å². The van der Waals surface area contributed by atoms with E-state index in [0.717, 1.165) is 16.0 Å². The number of hydrogen-bond donors (Lipinski definition) is 0. The molecule has 32 heavy (non-hydrogen) atoms. The zero-order chi connectivity index (χ0) is 22.9. The molecule has 1 aromatic heterocycles. The molecule has 9 heteroatoms. The van der Waals surface area contributed by atoms with E-state index in [9.17, 15) is 8.42 Å². The fourth-order valence-corrected chi connectivity index (χ4v) is 6.56. The van der Waals surface area contributed by atoms with Gasteiger partial charge in [0, 0.05) is 17.5 Å². The molecule has 0 radical (unpaired) electrons. The molecule has 0 saturated heterocycles. The first-order chi connectivity index (χ1) is 15.4. The highest BCUT2D eigenvalue weighted by Gasteiger charge is 2.39. The van der Waals surface area contributed by atoms with Crippen LogP contribution in [0.25, 0.3) is 0 Å². The summed E-state index contributed by atoms with van der Waals surface area (Å²) >= 11 is 1.52. The van der Waals surface area contributed by atoms with Gasteiger partial charge in [-0.05, 0) is 53.3 Å². The third kappa shape index (κ3) is 3.80. The van der Waals surface area contributed by atoms with Crippen molar-refractivity contribution in [2.45, 2.75) is 17.4 Å². The zero-order valence-corrected chi connectivity index (χ0v) is 20.0. The largest absolute Gasteiger partial charge is 0.493 e. The van der Waals surface area contributed by atoms with Crippen LogP contribution in [0.3, 0.4) is 0 Å². The van der Waals surface area contributed by atoms with Crippen LogP contribution < -0.4 is 18.9 Å². The van der Waals surface area contributed by atoms with Gasteiger partial charge in [0.05, 0.1) is 39.4 Å². The van der Waals surface area contributed by atoms with E-state index in [1.165, 1.54) is 31.6 Å². The SMILES string of the molecule is COc1ccc(S(=O)(=O)N2CCc3cc(OC)c(OC)cc3[C@H]2c2cccs2)cc1OC. The molecular weight excluding hydrogens is 450 g/mol. The lowest BCUT2D eigenvalue weighted by Crippen LogP contribution is -2.40. The van der Waals surface area contributed by atoms with E-state index in [1.807, 2.05) is 29.6 Å². The monoisotopic (exact) mass is 475 g/mol. The Morgan fingerprint density at radius 1 is 0.875 bits per heavy atom. The molecule has 0 aliphatic carbocycles. The van der Waals surface area contributed by atoms with Crippen molar-refractivity contribution in [1.82, 2.24) is 4.31 Å². The topological polar surface area (TPSA) is 74.3 Å². The van der Waals surface area contributed by atoms with Crippen molar-refractivity contribution in [3.63, 3.8) is 0 Å². The van der Waals surface area contributed by atoms with Crippen molar-refractivity contribution in [2.24, 2.45) is 0 Å². The highest BCUT2D eigenvalue weighted by atomic mass is 32.2. The second-order valence-corrected chi connectivity index (χ2v) is 10.1. The molecular formula is C23H25NO6S2. The lowest BCUT2D eigenvalue weighted by molar-refractivity contribution is 0.333. The Bertz CT molecular complexity index is 1210. The van der Waals surface area contributed by atoms with E-state index in [1.54, 1.807) is 30.7 Å². The van der Waals surface area contributed by atoms with Crippen LogP contribution in [-0.2, 0) is 16.4 Å². The van der Waals surface area contributed by atoms with Crippen LogP contribution in [0.2, 0.25) is 0 Å². The van der Waals surface area contributed by atoms with Gasteiger partial charge in [0.15, 0.2) is 23.0 Å². The van der Waals surface area contributed by atoms with Crippen molar-refractivity contribution in [2.75, 3.05) is 35.0 Å². The Hall–Kier alpha value is -2.75. The number of benzene rings is 2. The number of ether oxygens (including phenoxy) is 4. The average Bonchev–Trinajstić information content (AvgIpc) is 3.36. The van der Waals surface area contributed by atoms with Gasteiger partial charge >= 0.3 is 0 Å². The molecule has 7 nitrogen and oxygen atoms in total. The minimum Gasteiger partial charge on any atom is -0.493 e. The molecule has 0 saturated carbocycles. The van der Waals surface area contributed by atoms with Crippen molar-refractivity contribution in [3.05, 3.63) is 63.8 Å². The van der Waals surface area contributed by atoms with Gasteiger partial charge in [-0.25, -0.2) is 8.42 Å². The summed E-state index contributed by atoms with van der Waals surface area (Å²) in [6, 6.07) is 11.9. The third-order valence-electron chi connectivity index (χ3n) is 5.60. The molecule has 0 unspecified atom stereocenters. The normalized spacial score (nSPS) is 16.3. The van der Waals surface area contributed by atoms with Crippen LogP contribution in [0.4, 0.5) is 0 Å². The summed E-state index contributed by atoms with van der Waals surface area (Å²) in [5.74, 6) is 2.04. The van der Waals surface area contributed by atoms with Crippen molar-refractivity contribution < 1.29 is 27.4 Å². The Morgan fingerprint density at radius 3 is 2.16 bits per heavy atom. The van der Waals surface area contributed by atoms with Gasteiger partial charge in [0.1, 0.15) is 0 Å². The number of fused-ring (bicyclic) bond motifs is 1. The fourth-order valence-electron chi connectivity index (χ4n) is 4.04. The van der Waals surface area contributed by atoms with E-state index in [2.05, 4.69) is 0 Å². The minimum absolute atomic E-state index is 0.153. The van der Waals surface area contributed by atoms with E-state index in [4.69, 9.17) is 18.9 Å². The molecule has 1 atom stereocenters. The van der Waals surface area contributed by atoms with Gasteiger partial charge in [-0.15, -0.1) is 11.3 Å². The predicted octanol–water partition coefficient (Wildman–Crippen LogP) is 4.12. The van der Waals surface area contributed by atoms with E-state index in [0.29, 0.717) is 36.0 Å². The Labute approximate surface area is 192 Å². The van der Waals surface area contributed by atoms with E-state index < -0.39 is 16.1 Å². The second kappa shape index (κ2) is 9.01. The summed E-state index contributed by atoms with van der Waals surface area (Å²) in [5, 5.41) is 1.95. The first-order valence-electron chi connectivity index (χ1n) is 9.96. The average molecular weight is 476 g/mol. The third-order valence-corrected chi connectivity index (χ3v) is 8.39. The Morgan fingerprint density at radius 2 is 1.53 bits per heavy atom. The summed E-state index contributed by atoms with van der Waals surface area (Å²) in [7, 11) is 2.33. The van der Waals surface area contributed by atoms with Gasteiger partial charge in [0.25, 0.3) is 0 Å². The number of nitrogens with zero attached hydrogens (tertiary/aromatic N) is 1. The summed E-state index contributed by atoms with van der Waals surface area (Å²) in [5.41, 5.74) is 1.93. The predicted molar refractivity (Wildman–Crippen MR) is 123 cm³/mol. The highest BCUT2D eigenvalue weighted by Crippen LogP contribution is 2.44. The summed E-state index contributed by atoms with van der Waals surface area (Å²) < 4.78 is 50.8. The number of methoxy groups -OCH3 is 4. The van der Waals surface area contributed by atoms with E-state index in [-0.39, 0.29) is 4.90 Å². The van der Waals surface area contributed by atoms with Crippen molar-refractivity contribution in [3.8, 4) is 23.0 Å². The van der Waals surface area contributed by atoms with Gasteiger partial charge in [-0.3, -0.25) is 0 Å². The number of hydrogen-bond acceptors (Lipinski definition) is 7. The zero-order valence-electron chi connectivity index (χ0n) is 18.3. The second-order valence-electron chi connectivity index (χ2n) is 7.21. The fraction of sp³-hybridized carbons (Fsp3) is 0.304. The lowest BCUT2D eigenvalue weighted by Gasteiger charge is -2.36. The van der Waals surface area contributed by atoms with Crippen LogP contribution >= 0.6 is 11.3 Å². The molecule has 1 aliphatic rings. The maximum atomic E-state index is 13.8. The number of sulfonamides is 1. The highest BCUT2D eigenvalue weighted by molar-refractivity contribution is 7.89. The molecule has 4 rings (SSSR count). The summed E-state index contributed by atoms with van der Waals surface area (Å²) in [4.78, 5) is 1.09.